The van der Waals surface area contributed by atoms with Crippen molar-refractivity contribution in [2.45, 2.75) is 64.0 Å². The van der Waals surface area contributed by atoms with E-state index in [1.165, 1.54) is 43.4 Å². The van der Waals surface area contributed by atoms with Gasteiger partial charge in [-0.25, -0.2) is 0 Å². The van der Waals surface area contributed by atoms with Crippen molar-refractivity contribution in [1.29, 1.82) is 0 Å². The van der Waals surface area contributed by atoms with Crippen molar-refractivity contribution in [3.05, 3.63) is 17.0 Å². The largest absolute Gasteiger partial charge is 0.361 e. The lowest BCUT2D eigenvalue weighted by Gasteiger charge is -2.45. The van der Waals surface area contributed by atoms with Crippen LogP contribution in [0.15, 0.2) is 9.52 Å². The summed E-state index contributed by atoms with van der Waals surface area (Å²) >= 11 is 2.21. The minimum atomic E-state index is 0. The number of hydrogen-bond acceptors (Lipinski definition) is 4. The van der Waals surface area contributed by atoms with E-state index in [2.05, 4.69) is 34.1 Å². The van der Waals surface area contributed by atoms with Crippen molar-refractivity contribution in [2.75, 3.05) is 31.9 Å². The maximum Gasteiger partial charge on any atom is 0.193 e. The Morgan fingerprint density at radius 2 is 2.08 bits per heavy atom. The Labute approximate surface area is 179 Å². The second-order valence-corrected chi connectivity index (χ2v) is 8.87. The highest BCUT2D eigenvalue weighted by Gasteiger charge is 2.38. The minimum absolute atomic E-state index is 0. The quantitative estimate of drug-likeness (QED) is 0.389. The SMILES string of the molecule is CCNC(=NCCc1c(C)noc1C)N1CCSC2(CCCCC2)C1.I. The van der Waals surface area contributed by atoms with Crippen LogP contribution in [0.1, 0.15) is 56.0 Å². The Balaban J connectivity index is 0.00000243. The number of nitrogens with one attached hydrogen (secondary N) is 1. The third-order valence-electron chi connectivity index (χ3n) is 5.45. The van der Waals surface area contributed by atoms with Gasteiger partial charge in [0, 0.05) is 42.2 Å². The van der Waals surface area contributed by atoms with Gasteiger partial charge >= 0.3 is 0 Å². The van der Waals surface area contributed by atoms with Crippen molar-refractivity contribution >= 4 is 41.7 Å². The fourth-order valence-electron chi connectivity index (χ4n) is 4.08. The van der Waals surface area contributed by atoms with Crippen LogP contribution in [0.2, 0.25) is 0 Å². The van der Waals surface area contributed by atoms with Crippen LogP contribution in [0.3, 0.4) is 0 Å². The molecular weight excluding hydrogens is 459 g/mol. The van der Waals surface area contributed by atoms with Gasteiger partial charge in [0.25, 0.3) is 0 Å². The molecule has 0 amide bonds. The standard InChI is InChI=1S/C19H32N4OS.HI/c1-4-20-18(21-11-8-17-15(2)22-24-16(17)3)23-12-13-25-19(14-23)9-6-5-7-10-19;/h4-14H2,1-3H3,(H,20,21);1H. The summed E-state index contributed by atoms with van der Waals surface area (Å²) in [5, 5.41) is 7.56. The van der Waals surface area contributed by atoms with Crippen molar-refractivity contribution in [3.8, 4) is 0 Å². The molecule has 0 atom stereocenters. The average Bonchev–Trinajstić information content (AvgIpc) is 2.93. The predicted molar refractivity (Wildman–Crippen MR) is 121 cm³/mol. The number of aryl methyl sites for hydroxylation is 2. The van der Waals surface area contributed by atoms with E-state index in [0.29, 0.717) is 4.75 Å². The molecule has 1 spiro atoms. The van der Waals surface area contributed by atoms with Gasteiger partial charge in [0.15, 0.2) is 5.96 Å². The van der Waals surface area contributed by atoms with Crippen LogP contribution in [-0.2, 0) is 6.42 Å². The summed E-state index contributed by atoms with van der Waals surface area (Å²) in [4.78, 5) is 7.42. The first kappa shape index (κ1) is 21.9. The van der Waals surface area contributed by atoms with Gasteiger partial charge in [-0.2, -0.15) is 11.8 Å². The van der Waals surface area contributed by atoms with Crippen molar-refractivity contribution < 1.29 is 4.52 Å². The van der Waals surface area contributed by atoms with Crippen molar-refractivity contribution in [3.63, 3.8) is 0 Å². The lowest BCUT2D eigenvalue weighted by molar-refractivity contribution is 0.293. The third kappa shape index (κ3) is 5.30. The Hall–Kier alpha value is -0.440. The van der Waals surface area contributed by atoms with Crippen molar-refractivity contribution in [2.24, 2.45) is 4.99 Å². The number of halogens is 1. The Bertz CT molecular complexity index is 573. The molecule has 1 aromatic rings. The molecule has 1 aliphatic heterocycles. The van der Waals surface area contributed by atoms with Crippen LogP contribution in [0.25, 0.3) is 0 Å². The molecule has 1 N–H and O–H groups in total. The molecule has 0 aromatic carbocycles. The summed E-state index contributed by atoms with van der Waals surface area (Å²) in [6, 6.07) is 0. The van der Waals surface area contributed by atoms with Gasteiger partial charge in [-0.3, -0.25) is 4.99 Å². The summed E-state index contributed by atoms with van der Waals surface area (Å²) in [5.41, 5.74) is 2.20. The maximum atomic E-state index is 5.26. The lowest BCUT2D eigenvalue weighted by atomic mass is 9.87. The van der Waals surface area contributed by atoms with Crippen LogP contribution < -0.4 is 5.32 Å². The highest BCUT2D eigenvalue weighted by atomic mass is 127. The Morgan fingerprint density at radius 1 is 1.31 bits per heavy atom. The van der Waals surface area contributed by atoms with E-state index in [9.17, 15) is 0 Å². The van der Waals surface area contributed by atoms with Gasteiger partial charge in [0.1, 0.15) is 5.76 Å². The van der Waals surface area contributed by atoms with E-state index < -0.39 is 0 Å². The zero-order chi connectivity index (χ0) is 17.7. The van der Waals surface area contributed by atoms with E-state index in [1.54, 1.807) is 0 Å². The van der Waals surface area contributed by atoms with E-state index in [1.807, 2.05) is 13.8 Å². The number of rotatable bonds is 4. The number of aliphatic imine (C=N–C) groups is 1. The number of hydrogen-bond donors (Lipinski definition) is 1. The molecule has 2 fully saturated rings. The summed E-state index contributed by atoms with van der Waals surface area (Å²) < 4.78 is 5.73. The summed E-state index contributed by atoms with van der Waals surface area (Å²) in [6.07, 6.45) is 7.82. The van der Waals surface area contributed by atoms with E-state index in [4.69, 9.17) is 9.52 Å². The third-order valence-corrected chi connectivity index (χ3v) is 6.99. The number of aromatic nitrogens is 1. The van der Waals surface area contributed by atoms with Crippen molar-refractivity contribution in [1.82, 2.24) is 15.4 Å². The smallest absolute Gasteiger partial charge is 0.193 e. The molecule has 2 heterocycles. The van der Waals surface area contributed by atoms with Gasteiger partial charge in [-0.15, -0.1) is 24.0 Å². The highest BCUT2D eigenvalue weighted by molar-refractivity contribution is 14.0. The van der Waals surface area contributed by atoms with E-state index in [0.717, 1.165) is 50.0 Å². The average molecular weight is 492 g/mol. The molecule has 1 saturated heterocycles. The number of guanidine groups is 1. The fourth-order valence-corrected chi connectivity index (χ4v) is 5.65. The molecule has 1 saturated carbocycles. The predicted octanol–water partition coefficient (Wildman–Crippen LogP) is 4.17. The Kier molecular flexibility index (Phi) is 8.57. The second kappa shape index (κ2) is 10.2. The first-order valence-electron chi connectivity index (χ1n) is 9.72. The Morgan fingerprint density at radius 3 is 2.73 bits per heavy atom. The normalized spacial score (nSPS) is 20.1. The molecule has 2 aliphatic rings. The highest BCUT2D eigenvalue weighted by Crippen LogP contribution is 2.42. The van der Waals surface area contributed by atoms with Gasteiger partial charge in [-0.1, -0.05) is 24.4 Å². The van der Waals surface area contributed by atoms with E-state index >= 15 is 0 Å². The summed E-state index contributed by atoms with van der Waals surface area (Å²) in [7, 11) is 0. The van der Waals surface area contributed by atoms with Gasteiger partial charge in [0.05, 0.1) is 5.69 Å². The lowest BCUT2D eigenvalue weighted by Crippen LogP contribution is -2.53. The second-order valence-electron chi connectivity index (χ2n) is 7.30. The molecule has 3 rings (SSSR count). The zero-order valence-electron chi connectivity index (χ0n) is 16.3. The van der Waals surface area contributed by atoms with Gasteiger partial charge in [-0.05, 0) is 40.0 Å². The number of nitrogens with zero attached hydrogens (tertiary/aromatic N) is 3. The van der Waals surface area contributed by atoms with Crippen LogP contribution in [0.5, 0.6) is 0 Å². The molecule has 1 aliphatic carbocycles. The molecule has 0 radical (unpaired) electrons. The van der Waals surface area contributed by atoms with Gasteiger partial charge < -0.3 is 14.7 Å². The molecule has 148 valence electrons. The molecule has 5 nitrogen and oxygen atoms in total. The molecule has 1 aromatic heterocycles. The topological polar surface area (TPSA) is 53.7 Å². The zero-order valence-corrected chi connectivity index (χ0v) is 19.5. The molecule has 0 unspecified atom stereocenters. The van der Waals surface area contributed by atoms with Crippen LogP contribution >= 0.6 is 35.7 Å². The molecule has 0 bridgehead atoms. The molecule has 7 heteroatoms. The van der Waals surface area contributed by atoms with Crippen LogP contribution in [0, 0.1) is 13.8 Å². The number of thioether (sulfide) groups is 1. The van der Waals surface area contributed by atoms with Crippen LogP contribution in [-0.4, -0.2) is 52.7 Å². The van der Waals surface area contributed by atoms with Crippen LogP contribution in [0.4, 0.5) is 0 Å². The van der Waals surface area contributed by atoms with Gasteiger partial charge in [0.2, 0.25) is 0 Å². The molecule has 26 heavy (non-hydrogen) atoms. The monoisotopic (exact) mass is 492 g/mol. The first-order valence-corrected chi connectivity index (χ1v) is 10.7. The fraction of sp³-hybridized carbons (Fsp3) is 0.789. The maximum absolute atomic E-state index is 5.26. The first-order chi connectivity index (χ1) is 12.1. The minimum Gasteiger partial charge on any atom is -0.361 e. The summed E-state index contributed by atoms with van der Waals surface area (Å²) in [5.74, 6) is 3.22. The van der Waals surface area contributed by atoms with E-state index in [-0.39, 0.29) is 24.0 Å². The molecular formula is C19H33IN4OS. The summed E-state index contributed by atoms with van der Waals surface area (Å²) in [6.45, 7) is 10.1.